The summed E-state index contributed by atoms with van der Waals surface area (Å²) < 4.78 is 5.54. The molecule has 1 atom stereocenters. The molecule has 0 aromatic rings. The van der Waals surface area contributed by atoms with Crippen LogP contribution in [-0.4, -0.2) is 43.2 Å². The van der Waals surface area contributed by atoms with E-state index in [1.54, 1.807) is 0 Å². The summed E-state index contributed by atoms with van der Waals surface area (Å²) >= 11 is 0. The zero-order valence-corrected chi connectivity index (χ0v) is 13.2. The van der Waals surface area contributed by atoms with Gasteiger partial charge in [-0.3, -0.25) is 4.79 Å². The molecule has 0 bridgehead atoms. The van der Waals surface area contributed by atoms with E-state index in [0.29, 0.717) is 31.0 Å². The molecule has 1 saturated carbocycles. The second kappa shape index (κ2) is 6.44. The van der Waals surface area contributed by atoms with Gasteiger partial charge in [0.25, 0.3) is 0 Å². The maximum absolute atomic E-state index is 12.6. The fraction of sp³-hybridized carbons (Fsp3) is 0.938. The molecule has 0 aromatic carbocycles. The third kappa shape index (κ3) is 3.73. The lowest BCUT2D eigenvalue weighted by Crippen LogP contribution is -2.50. The van der Waals surface area contributed by atoms with E-state index in [2.05, 4.69) is 20.8 Å². The normalized spacial score (nSPS) is 32.2. The molecule has 2 aliphatic rings. The van der Waals surface area contributed by atoms with Crippen molar-refractivity contribution in [3.63, 3.8) is 0 Å². The van der Waals surface area contributed by atoms with Crippen molar-refractivity contribution in [3.8, 4) is 0 Å². The zero-order valence-electron chi connectivity index (χ0n) is 13.2. The Kier molecular flexibility index (Phi) is 5.08. The molecule has 1 amide bonds. The number of amides is 1. The van der Waals surface area contributed by atoms with Crippen LogP contribution in [0.5, 0.6) is 0 Å². The van der Waals surface area contributed by atoms with Gasteiger partial charge in [-0.15, -0.1) is 0 Å². The second-order valence-electron chi connectivity index (χ2n) is 7.43. The lowest BCUT2D eigenvalue weighted by atomic mass is 9.69. The molecule has 20 heavy (non-hydrogen) atoms. The van der Waals surface area contributed by atoms with Crippen LogP contribution in [0.4, 0.5) is 0 Å². The minimum atomic E-state index is 0.0265. The third-order valence-electron chi connectivity index (χ3n) is 5.01. The SMILES string of the molecule is CC(C)(C)C1CCC(C(=O)N2CCOC(CN)C2)CC1. The zero-order chi connectivity index (χ0) is 14.8. The number of hydrogen-bond donors (Lipinski definition) is 1. The van der Waals surface area contributed by atoms with Crippen molar-refractivity contribution in [2.75, 3.05) is 26.2 Å². The van der Waals surface area contributed by atoms with Crippen molar-refractivity contribution in [1.82, 2.24) is 4.90 Å². The maximum Gasteiger partial charge on any atom is 0.225 e. The van der Waals surface area contributed by atoms with E-state index in [9.17, 15) is 4.79 Å². The van der Waals surface area contributed by atoms with Gasteiger partial charge in [0, 0.05) is 25.6 Å². The van der Waals surface area contributed by atoms with E-state index < -0.39 is 0 Å². The summed E-state index contributed by atoms with van der Waals surface area (Å²) in [6, 6.07) is 0. The summed E-state index contributed by atoms with van der Waals surface area (Å²) in [5.41, 5.74) is 6.02. The highest BCUT2D eigenvalue weighted by molar-refractivity contribution is 5.79. The number of ether oxygens (including phenoxy) is 1. The van der Waals surface area contributed by atoms with Crippen molar-refractivity contribution in [1.29, 1.82) is 0 Å². The quantitative estimate of drug-likeness (QED) is 0.843. The summed E-state index contributed by atoms with van der Waals surface area (Å²) in [6.07, 6.45) is 4.49. The van der Waals surface area contributed by atoms with Crippen molar-refractivity contribution >= 4 is 5.91 Å². The van der Waals surface area contributed by atoms with E-state index in [1.165, 1.54) is 12.8 Å². The van der Waals surface area contributed by atoms with Crippen LogP contribution in [0.15, 0.2) is 0 Å². The summed E-state index contributed by atoms with van der Waals surface area (Å²) in [5.74, 6) is 1.32. The Hall–Kier alpha value is -0.610. The van der Waals surface area contributed by atoms with Gasteiger partial charge in [-0.2, -0.15) is 0 Å². The Morgan fingerprint density at radius 1 is 1.25 bits per heavy atom. The molecule has 1 heterocycles. The minimum Gasteiger partial charge on any atom is -0.373 e. The predicted octanol–water partition coefficient (Wildman–Crippen LogP) is 2.02. The lowest BCUT2D eigenvalue weighted by Gasteiger charge is -2.39. The monoisotopic (exact) mass is 282 g/mol. The van der Waals surface area contributed by atoms with Crippen molar-refractivity contribution in [2.24, 2.45) is 23.0 Å². The smallest absolute Gasteiger partial charge is 0.225 e. The van der Waals surface area contributed by atoms with Crippen LogP contribution in [-0.2, 0) is 9.53 Å². The molecular weight excluding hydrogens is 252 g/mol. The molecular formula is C16H30N2O2. The molecule has 1 unspecified atom stereocenters. The highest BCUT2D eigenvalue weighted by Gasteiger charge is 2.35. The summed E-state index contributed by atoms with van der Waals surface area (Å²) in [7, 11) is 0. The van der Waals surface area contributed by atoms with Crippen LogP contribution in [0.3, 0.4) is 0 Å². The van der Waals surface area contributed by atoms with Crippen LogP contribution in [0.1, 0.15) is 46.5 Å². The lowest BCUT2D eigenvalue weighted by molar-refractivity contribution is -0.144. The fourth-order valence-electron chi connectivity index (χ4n) is 3.53. The van der Waals surface area contributed by atoms with E-state index in [0.717, 1.165) is 25.3 Å². The number of hydrogen-bond acceptors (Lipinski definition) is 3. The molecule has 1 aliphatic heterocycles. The van der Waals surface area contributed by atoms with Gasteiger partial charge in [-0.25, -0.2) is 0 Å². The van der Waals surface area contributed by atoms with Gasteiger partial charge in [0.05, 0.1) is 12.7 Å². The molecule has 0 radical (unpaired) electrons. The largest absolute Gasteiger partial charge is 0.373 e. The molecule has 116 valence electrons. The summed E-state index contributed by atoms with van der Waals surface area (Å²) in [6.45, 7) is 9.48. The van der Waals surface area contributed by atoms with Crippen molar-refractivity contribution in [3.05, 3.63) is 0 Å². The molecule has 0 spiro atoms. The molecule has 2 fully saturated rings. The predicted molar refractivity (Wildman–Crippen MR) is 80.3 cm³/mol. The van der Waals surface area contributed by atoms with Gasteiger partial charge < -0.3 is 15.4 Å². The van der Waals surface area contributed by atoms with Gasteiger partial charge in [0.2, 0.25) is 5.91 Å². The molecule has 1 saturated heterocycles. The number of nitrogens with two attached hydrogens (primary N) is 1. The minimum absolute atomic E-state index is 0.0265. The highest BCUT2D eigenvalue weighted by atomic mass is 16.5. The summed E-state index contributed by atoms with van der Waals surface area (Å²) in [5, 5.41) is 0. The second-order valence-corrected chi connectivity index (χ2v) is 7.43. The maximum atomic E-state index is 12.6. The molecule has 4 heteroatoms. The Morgan fingerprint density at radius 2 is 1.90 bits per heavy atom. The first kappa shape index (κ1) is 15.8. The number of nitrogens with zero attached hydrogens (tertiary/aromatic N) is 1. The van der Waals surface area contributed by atoms with E-state index in [4.69, 9.17) is 10.5 Å². The Labute approximate surface area is 123 Å². The Bertz CT molecular complexity index is 330. The first-order valence-electron chi connectivity index (χ1n) is 8.02. The van der Waals surface area contributed by atoms with E-state index in [-0.39, 0.29) is 12.0 Å². The van der Waals surface area contributed by atoms with E-state index >= 15 is 0 Å². The topological polar surface area (TPSA) is 55.6 Å². The standard InChI is InChI=1S/C16H30N2O2/c1-16(2,3)13-6-4-12(5-7-13)15(19)18-8-9-20-14(10-17)11-18/h12-14H,4-11,17H2,1-3H3. The molecule has 1 aliphatic carbocycles. The Balaban J connectivity index is 1.85. The third-order valence-corrected chi connectivity index (χ3v) is 5.01. The molecule has 0 aromatic heterocycles. The molecule has 4 nitrogen and oxygen atoms in total. The van der Waals surface area contributed by atoms with Gasteiger partial charge in [-0.05, 0) is 37.0 Å². The van der Waals surface area contributed by atoms with Crippen molar-refractivity contribution < 1.29 is 9.53 Å². The number of rotatable bonds is 2. The fourth-order valence-corrected chi connectivity index (χ4v) is 3.53. The van der Waals surface area contributed by atoms with Crippen LogP contribution in [0, 0.1) is 17.3 Å². The molecule has 2 N–H and O–H groups in total. The van der Waals surface area contributed by atoms with Gasteiger partial charge in [-0.1, -0.05) is 20.8 Å². The molecule has 2 rings (SSSR count). The van der Waals surface area contributed by atoms with E-state index in [1.807, 2.05) is 4.90 Å². The van der Waals surface area contributed by atoms with Gasteiger partial charge in [0.1, 0.15) is 0 Å². The average Bonchev–Trinajstić information content (AvgIpc) is 2.46. The Morgan fingerprint density at radius 3 is 2.45 bits per heavy atom. The summed E-state index contributed by atoms with van der Waals surface area (Å²) in [4.78, 5) is 14.6. The van der Waals surface area contributed by atoms with Crippen LogP contribution in [0.25, 0.3) is 0 Å². The van der Waals surface area contributed by atoms with Crippen LogP contribution < -0.4 is 5.73 Å². The number of carbonyl (C=O) groups is 1. The van der Waals surface area contributed by atoms with Gasteiger partial charge >= 0.3 is 0 Å². The first-order valence-corrected chi connectivity index (χ1v) is 8.02. The number of carbonyl (C=O) groups excluding carboxylic acids is 1. The van der Waals surface area contributed by atoms with Crippen molar-refractivity contribution in [2.45, 2.75) is 52.6 Å². The highest BCUT2D eigenvalue weighted by Crippen LogP contribution is 2.40. The average molecular weight is 282 g/mol. The van der Waals surface area contributed by atoms with Crippen LogP contribution in [0.2, 0.25) is 0 Å². The number of morpholine rings is 1. The first-order chi connectivity index (χ1) is 9.41. The van der Waals surface area contributed by atoms with Crippen LogP contribution >= 0.6 is 0 Å². The van der Waals surface area contributed by atoms with Gasteiger partial charge in [0.15, 0.2) is 0 Å².